The van der Waals surface area contributed by atoms with E-state index in [0.717, 1.165) is 0 Å². The van der Waals surface area contributed by atoms with E-state index in [1.165, 1.54) is 31.2 Å². The van der Waals surface area contributed by atoms with Gasteiger partial charge in [0.05, 0.1) is 5.41 Å². The maximum atomic E-state index is 13.1. The fourth-order valence-corrected chi connectivity index (χ4v) is 3.38. The van der Waals surface area contributed by atoms with Gasteiger partial charge in [0.1, 0.15) is 17.3 Å². The molecule has 1 N–H and O–H groups in total. The summed E-state index contributed by atoms with van der Waals surface area (Å²) in [4.78, 5) is 25.4. The van der Waals surface area contributed by atoms with Gasteiger partial charge in [0.25, 0.3) is 0 Å². The molecule has 1 fully saturated rings. The van der Waals surface area contributed by atoms with Crippen LogP contribution in [0.5, 0.6) is 11.5 Å². The van der Waals surface area contributed by atoms with E-state index in [-0.39, 0.29) is 11.7 Å². The van der Waals surface area contributed by atoms with Crippen LogP contribution in [0.15, 0.2) is 48.5 Å². The quantitative estimate of drug-likeness (QED) is 0.908. The Morgan fingerprint density at radius 1 is 1.08 bits per heavy atom. The average Bonchev–Trinajstić information content (AvgIpc) is 2.64. The highest BCUT2D eigenvalue weighted by atomic mass is 19.1. The number of ether oxygens (including phenoxy) is 1. The van der Waals surface area contributed by atoms with Crippen LogP contribution < -0.4 is 4.74 Å². The minimum absolute atomic E-state index is 0.0557. The molecule has 1 amide bonds. The summed E-state index contributed by atoms with van der Waals surface area (Å²) in [6.45, 7) is 2.25. The molecule has 1 saturated heterocycles. The van der Waals surface area contributed by atoms with Gasteiger partial charge in [-0.05, 0) is 43.2 Å². The molecule has 0 spiro atoms. The molecule has 0 unspecified atom stereocenters. The highest BCUT2D eigenvalue weighted by Crippen LogP contribution is 2.42. The second-order valence-electron chi connectivity index (χ2n) is 6.45. The highest BCUT2D eigenvalue weighted by Gasteiger charge is 2.45. The van der Waals surface area contributed by atoms with Crippen molar-refractivity contribution in [2.75, 3.05) is 13.1 Å². The number of piperidine rings is 1. The Morgan fingerprint density at radius 3 is 2.27 bits per heavy atom. The van der Waals surface area contributed by atoms with Gasteiger partial charge in [0, 0.05) is 25.6 Å². The van der Waals surface area contributed by atoms with Crippen LogP contribution in [0.1, 0.15) is 25.3 Å². The summed E-state index contributed by atoms with van der Waals surface area (Å²) >= 11 is 0. The van der Waals surface area contributed by atoms with Gasteiger partial charge in [-0.15, -0.1) is 0 Å². The van der Waals surface area contributed by atoms with Crippen molar-refractivity contribution in [3.8, 4) is 11.5 Å². The fourth-order valence-electron chi connectivity index (χ4n) is 3.38. The number of hydrogen-bond donors (Lipinski definition) is 1. The summed E-state index contributed by atoms with van der Waals surface area (Å²) in [6.07, 6.45) is 0.622. The van der Waals surface area contributed by atoms with E-state index in [1.54, 1.807) is 29.2 Å². The van der Waals surface area contributed by atoms with Crippen LogP contribution in [0.2, 0.25) is 0 Å². The van der Waals surface area contributed by atoms with Gasteiger partial charge in [-0.2, -0.15) is 0 Å². The van der Waals surface area contributed by atoms with Crippen LogP contribution in [0.4, 0.5) is 4.39 Å². The van der Waals surface area contributed by atoms with Gasteiger partial charge in [0.2, 0.25) is 5.91 Å². The predicted octanol–water partition coefficient (Wildman–Crippen LogP) is 3.58. The molecule has 26 heavy (non-hydrogen) atoms. The number of halogens is 1. The lowest BCUT2D eigenvalue weighted by Gasteiger charge is -2.39. The monoisotopic (exact) mass is 357 g/mol. The van der Waals surface area contributed by atoms with Crippen molar-refractivity contribution in [1.29, 1.82) is 0 Å². The summed E-state index contributed by atoms with van der Waals surface area (Å²) in [6, 6.07) is 12.6. The number of aliphatic carboxylic acids is 1. The van der Waals surface area contributed by atoms with Crippen molar-refractivity contribution < 1.29 is 23.8 Å². The van der Waals surface area contributed by atoms with Crippen molar-refractivity contribution >= 4 is 11.9 Å². The van der Waals surface area contributed by atoms with Gasteiger partial charge >= 0.3 is 5.97 Å². The molecular weight excluding hydrogens is 337 g/mol. The first kappa shape index (κ1) is 17.9. The number of amides is 1. The topological polar surface area (TPSA) is 66.8 Å². The Kier molecular flexibility index (Phi) is 4.93. The first-order valence-electron chi connectivity index (χ1n) is 8.44. The third-order valence-corrected chi connectivity index (χ3v) is 4.92. The standard InChI is InChI=1S/C20H20FNO4/c1-14(23)22-12-10-20(11-13-22,19(24)25)17-4-2-3-5-18(17)26-16-8-6-15(21)7-9-16/h2-9H,10-13H2,1H3,(H,24,25). The van der Waals surface area contributed by atoms with Crippen LogP contribution in [0.3, 0.4) is 0 Å². The lowest BCUT2D eigenvalue weighted by Crippen LogP contribution is -2.48. The second-order valence-corrected chi connectivity index (χ2v) is 6.45. The number of carbonyl (C=O) groups excluding carboxylic acids is 1. The van der Waals surface area contributed by atoms with E-state index in [2.05, 4.69) is 0 Å². The largest absolute Gasteiger partial charge is 0.481 e. The Bertz CT molecular complexity index is 811. The van der Waals surface area contributed by atoms with E-state index < -0.39 is 11.4 Å². The SMILES string of the molecule is CC(=O)N1CCC(C(=O)O)(c2ccccc2Oc2ccc(F)cc2)CC1. The lowest BCUT2D eigenvalue weighted by atomic mass is 9.72. The Balaban J connectivity index is 1.95. The highest BCUT2D eigenvalue weighted by molar-refractivity contribution is 5.83. The Morgan fingerprint density at radius 2 is 1.69 bits per heavy atom. The van der Waals surface area contributed by atoms with Crippen LogP contribution in [0.25, 0.3) is 0 Å². The molecule has 5 nitrogen and oxygen atoms in total. The molecular formula is C20H20FNO4. The lowest BCUT2D eigenvalue weighted by molar-refractivity contribution is -0.148. The van der Waals surface area contributed by atoms with Crippen molar-refractivity contribution in [1.82, 2.24) is 4.90 Å². The number of nitrogens with zero attached hydrogens (tertiary/aromatic N) is 1. The van der Waals surface area contributed by atoms with Gasteiger partial charge in [-0.1, -0.05) is 18.2 Å². The molecule has 0 radical (unpaired) electrons. The van der Waals surface area contributed by atoms with Gasteiger partial charge in [0.15, 0.2) is 0 Å². The summed E-state index contributed by atoms with van der Waals surface area (Å²) < 4.78 is 19.0. The van der Waals surface area contributed by atoms with Crippen molar-refractivity contribution in [3.63, 3.8) is 0 Å². The maximum absolute atomic E-state index is 13.1. The number of hydrogen-bond acceptors (Lipinski definition) is 3. The molecule has 6 heteroatoms. The first-order valence-corrected chi connectivity index (χ1v) is 8.44. The Labute approximate surface area is 151 Å². The summed E-state index contributed by atoms with van der Waals surface area (Å²) in [5.41, 5.74) is -0.553. The van der Waals surface area contributed by atoms with Gasteiger partial charge in [-0.25, -0.2) is 4.39 Å². The molecule has 0 atom stereocenters. The van der Waals surface area contributed by atoms with Crippen LogP contribution in [0, 0.1) is 5.82 Å². The van der Waals surface area contributed by atoms with E-state index in [1.807, 2.05) is 0 Å². The van der Waals surface area contributed by atoms with Crippen molar-refractivity contribution in [2.45, 2.75) is 25.2 Å². The predicted molar refractivity (Wildman–Crippen MR) is 93.7 cm³/mol. The first-order chi connectivity index (χ1) is 12.4. The number of carbonyl (C=O) groups is 2. The Hall–Kier alpha value is -2.89. The number of rotatable bonds is 4. The molecule has 1 aliphatic rings. The average molecular weight is 357 g/mol. The molecule has 1 heterocycles. The summed E-state index contributed by atoms with van der Waals surface area (Å²) in [5.74, 6) is -0.502. The number of benzene rings is 2. The van der Waals surface area contributed by atoms with Gasteiger partial charge in [-0.3, -0.25) is 9.59 Å². The minimum atomic E-state index is -1.12. The van der Waals surface area contributed by atoms with Crippen molar-refractivity contribution in [2.24, 2.45) is 0 Å². The molecule has 1 aliphatic heterocycles. The van der Waals surface area contributed by atoms with E-state index >= 15 is 0 Å². The van der Waals surface area contributed by atoms with Crippen LogP contribution in [-0.2, 0) is 15.0 Å². The van der Waals surface area contributed by atoms with Crippen LogP contribution in [-0.4, -0.2) is 35.0 Å². The zero-order valence-electron chi connectivity index (χ0n) is 14.4. The van der Waals surface area contributed by atoms with E-state index in [0.29, 0.717) is 43.0 Å². The molecule has 0 aromatic heterocycles. The number of carboxylic acid groups (broad SMARTS) is 1. The molecule has 0 saturated carbocycles. The smallest absolute Gasteiger partial charge is 0.314 e. The van der Waals surface area contributed by atoms with E-state index in [9.17, 15) is 19.1 Å². The van der Waals surface area contributed by atoms with Crippen LogP contribution >= 0.6 is 0 Å². The number of para-hydroxylation sites is 1. The third-order valence-electron chi connectivity index (χ3n) is 4.92. The maximum Gasteiger partial charge on any atom is 0.314 e. The van der Waals surface area contributed by atoms with Crippen molar-refractivity contribution in [3.05, 3.63) is 59.9 Å². The summed E-state index contributed by atoms with van der Waals surface area (Å²) in [7, 11) is 0. The molecule has 2 aromatic rings. The molecule has 136 valence electrons. The molecule has 0 bridgehead atoms. The minimum Gasteiger partial charge on any atom is -0.481 e. The van der Waals surface area contributed by atoms with Gasteiger partial charge < -0.3 is 14.7 Å². The summed E-state index contributed by atoms with van der Waals surface area (Å²) in [5, 5.41) is 9.99. The molecule has 3 rings (SSSR count). The van der Waals surface area contributed by atoms with E-state index in [4.69, 9.17) is 4.74 Å². The fraction of sp³-hybridized carbons (Fsp3) is 0.300. The zero-order valence-corrected chi connectivity index (χ0v) is 14.4. The number of carboxylic acids is 1. The molecule has 0 aliphatic carbocycles. The third kappa shape index (κ3) is 3.40. The zero-order chi connectivity index (χ0) is 18.7. The normalized spacial score (nSPS) is 16.2. The molecule has 2 aromatic carbocycles. The second kappa shape index (κ2) is 7.15. The number of likely N-dealkylation sites (tertiary alicyclic amines) is 1.